The van der Waals surface area contributed by atoms with Crippen molar-refractivity contribution < 1.29 is 9.59 Å². The third-order valence-electron chi connectivity index (χ3n) is 3.54. The monoisotopic (exact) mass is 355 g/mol. The van der Waals surface area contributed by atoms with Gasteiger partial charge in [-0.2, -0.15) is 0 Å². The van der Waals surface area contributed by atoms with Gasteiger partial charge >= 0.3 is 0 Å². The maximum atomic E-state index is 12.5. The van der Waals surface area contributed by atoms with E-state index in [0.29, 0.717) is 16.1 Å². The summed E-state index contributed by atoms with van der Waals surface area (Å²) in [6, 6.07) is 13.7. The third-order valence-corrected chi connectivity index (χ3v) is 3.79. The van der Waals surface area contributed by atoms with E-state index in [4.69, 9.17) is 17.3 Å². The Morgan fingerprint density at radius 2 is 1.88 bits per heavy atom. The molecule has 0 saturated heterocycles. The highest BCUT2D eigenvalue weighted by Gasteiger charge is 2.14. The molecule has 2 aromatic carbocycles. The molecule has 3 rings (SSSR count). The molecule has 0 radical (unpaired) electrons. The van der Waals surface area contributed by atoms with Crippen LogP contribution in [0.2, 0.25) is 5.02 Å². The number of benzene rings is 2. The zero-order valence-electron chi connectivity index (χ0n) is 13.0. The van der Waals surface area contributed by atoms with Crippen LogP contribution in [-0.4, -0.2) is 27.1 Å². The number of halogens is 1. The lowest BCUT2D eigenvalue weighted by Crippen LogP contribution is -2.24. The molecule has 0 unspecified atom stereocenters. The maximum Gasteiger partial charge on any atom is 0.275 e. The van der Waals surface area contributed by atoms with Gasteiger partial charge in [-0.15, -0.1) is 5.10 Å². The molecule has 0 aliphatic carbocycles. The lowest BCUT2D eigenvalue weighted by Gasteiger charge is -2.07. The van der Waals surface area contributed by atoms with Gasteiger partial charge in [-0.1, -0.05) is 35.0 Å². The number of amides is 1. The van der Waals surface area contributed by atoms with E-state index >= 15 is 0 Å². The number of carbonyl (C=O) groups excluding carboxylic acids is 2. The Morgan fingerprint density at radius 1 is 1.12 bits per heavy atom. The zero-order chi connectivity index (χ0) is 17.8. The second kappa shape index (κ2) is 7.14. The number of nitrogens with one attached hydrogen (secondary N) is 2. The van der Waals surface area contributed by atoms with E-state index in [1.165, 1.54) is 0 Å². The smallest absolute Gasteiger partial charge is 0.275 e. The van der Waals surface area contributed by atoms with Crippen molar-refractivity contribution in [2.45, 2.75) is 6.54 Å². The van der Waals surface area contributed by atoms with Gasteiger partial charge in [0, 0.05) is 22.7 Å². The van der Waals surface area contributed by atoms with Crippen LogP contribution in [0.4, 0.5) is 5.82 Å². The highest BCUT2D eigenvalue weighted by Crippen LogP contribution is 2.15. The van der Waals surface area contributed by atoms with Gasteiger partial charge in [0.1, 0.15) is 0 Å². The van der Waals surface area contributed by atoms with Crippen LogP contribution in [0.15, 0.2) is 48.5 Å². The highest BCUT2D eigenvalue weighted by molar-refractivity contribution is 6.30. The molecule has 0 bridgehead atoms. The first kappa shape index (κ1) is 16.7. The van der Waals surface area contributed by atoms with E-state index in [-0.39, 0.29) is 23.8 Å². The van der Waals surface area contributed by atoms with Crippen molar-refractivity contribution in [3.63, 3.8) is 0 Å². The van der Waals surface area contributed by atoms with E-state index in [9.17, 15) is 9.59 Å². The lowest BCUT2D eigenvalue weighted by molar-refractivity contribution is 0.0946. The van der Waals surface area contributed by atoms with Crippen LogP contribution in [0.25, 0.3) is 0 Å². The van der Waals surface area contributed by atoms with Gasteiger partial charge in [-0.05, 0) is 35.9 Å². The van der Waals surface area contributed by atoms with Crippen molar-refractivity contribution in [1.29, 1.82) is 0 Å². The second-order valence-corrected chi connectivity index (χ2v) is 5.73. The Morgan fingerprint density at radius 3 is 2.56 bits per heavy atom. The summed E-state index contributed by atoms with van der Waals surface area (Å²) in [5.41, 5.74) is 7.43. The molecule has 0 atom stereocenters. The Labute approximate surface area is 148 Å². The maximum absolute atomic E-state index is 12.5. The van der Waals surface area contributed by atoms with Crippen LogP contribution in [0, 0.1) is 0 Å². The predicted octanol–water partition coefficient (Wildman–Crippen LogP) is 2.20. The first-order valence-corrected chi connectivity index (χ1v) is 7.76. The van der Waals surface area contributed by atoms with Crippen molar-refractivity contribution in [3.8, 4) is 0 Å². The molecule has 7 nitrogen and oxygen atoms in total. The van der Waals surface area contributed by atoms with Crippen molar-refractivity contribution in [2.24, 2.45) is 0 Å². The quantitative estimate of drug-likeness (QED) is 0.607. The minimum absolute atomic E-state index is 0.0356. The van der Waals surface area contributed by atoms with Crippen LogP contribution in [0.5, 0.6) is 0 Å². The molecule has 0 aliphatic heterocycles. The number of ketones is 1. The summed E-state index contributed by atoms with van der Waals surface area (Å²) in [5, 5.41) is 12.7. The molecule has 0 saturated carbocycles. The molecule has 1 amide bonds. The summed E-state index contributed by atoms with van der Waals surface area (Å²) in [4.78, 5) is 24.5. The van der Waals surface area contributed by atoms with Crippen LogP contribution < -0.4 is 11.1 Å². The lowest BCUT2D eigenvalue weighted by atomic mass is 10.0. The molecule has 25 heavy (non-hydrogen) atoms. The summed E-state index contributed by atoms with van der Waals surface area (Å²) in [6.45, 7) is 0.229. The average molecular weight is 356 g/mol. The number of nitrogen functional groups attached to an aromatic ring is 1. The summed E-state index contributed by atoms with van der Waals surface area (Å²) >= 11 is 5.84. The normalized spacial score (nSPS) is 10.4. The Bertz CT molecular complexity index is 921. The van der Waals surface area contributed by atoms with Gasteiger partial charge in [0.15, 0.2) is 17.3 Å². The number of anilines is 1. The molecule has 3 aromatic rings. The first-order chi connectivity index (χ1) is 12.0. The number of rotatable bonds is 5. The average Bonchev–Trinajstić information content (AvgIpc) is 3.06. The second-order valence-electron chi connectivity index (χ2n) is 5.29. The summed E-state index contributed by atoms with van der Waals surface area (Å²) < 4.78 is 0. The minimum atomic E-state index is -0.444. The van der Waals surface area contributed by atoms with Crippen molar-refractivity contribution in [2.75, 3.05) is 5.73 Å². The van der Waals surface area contributed by atoms with E-state index in [1.54, 1.807) is 42.5 Å². The number of hydrogen-bond acceptors (Lipinski definition) is 5. The van der Waals surface area contributed by atoms with E-state index in [2.05, 4.69) is 20.7 Å². The predicted molar refractivity (Wildman–Crippen MR) is 93.3 cm³/mol. The summed E-state index contributed by atoms with van der Waals surface area (Å²) in [7, 11) is 0. The van der Waals surface area contributed by atoms with Gasteiger partial charge in [0.2, 0.25) is 0 Å². The minimum Gasteiger partial charge on any atom is -0.382 e. The third kappa shape index (κ3) is 3.84. The number of nitrogens with zero attached hydrogens (tertiary/aromatic N) is 2. The fourth-order valence-electron chi connectivity index (χ4n) is 2.26. The molecule has 126 valence electrons. The molecule has 8 heteroatoms. The molecule has 1 heterocycles. The number of hydrogen-bond donors (Lipinski definition) is 3. The number of carbonyl (C=O) groups is 2. The van der Waals surface area contributed by atoms with E-state index in [1.807, 2.05) is 6.07 Å². The number of nitrogens with two attached hydrogens (primary N) is 1. The molecular formula is C17H14ClN5O2. The van der Waals surface area contributed by atoms with Crippen LogP contribution in [0.3, 0.4) is 0 Å². The molecule has 0 aliphatic rings. The summed E-state index contributed by atoms with van der Waals surface area (Å²) in [5.74, 6) is -0.463. The summed E-state index contributed by atoms with van der Waals surface area (Å²) in [6.07, 6.45) is 0. The van der Waals surface area contributed by atoms with Gasteiger partial charge < -0.3 is 11.1 Å². The standard InChI is InChI=1S/C17H14ClN5O2/c18-13-6-4-11(5-7-13)15(24)12-3-1-2-10(8-12)9-20-17(25)14-16(19)22-23-21-14/h1-8H,9H2,(H,20,25)(H3,19,21,22,23). The Hall–Kier alpha value is -3.19. The Balaban J connectivity index is 1.71. The molecule has 0 spiro atoms. The fourth-order valence-corrected chi connectivity index (χ4v) is 2.39. The Kier molecular flexibility index (Phi) is 4.76. The molecule has 4 N–H and O–H groups in total. The largest absolute Gasteiger partial charge is 0.382 e. The van der Waals surface area contributed by atoms with Crippen molar-refractivity contribution in [1.82, 2.24) is 20.7 Å². The van der Waals surface area contributed by atoms with Crippen molar-refractivity contribution >= 4 is 29.1 Å². The van der Waals surface area contributed by atoms with E-state index < -0.39 is 5.91 Å². The van der Waals surface area contributed by atoms with Gasteiger partial charge in [0.25, 0.3) is 5.91 Å². The SMILES string of the molecule is Nc1[nH]nnc1C(=O)NCc1cccc(C(=O)c2ccc(Cl)cc2)c1. The number of H-pyrrole nitrogens is 1. The zero-order valence-corrected chi connectivity index (χ0v) is 13.7. The molecule has 1 aromatic heterocycles. The van der Waals surface area contributed by atoms with Gasteiger partial charge in [-0.25, -0.2) is 5.10 Å². The van der Waals surface area contributed by atoms with Gasteiger partial charge in [0.05, 0.1) is 0 Å². The number of aromatic nitrogens is 3. The van der Waals surface area contributed by atoms with Crippen LogP contribution >= 0.6 is 11.6 Å². The van der Waals surface area contributed by atoms with Gasteiger partial charge in [-0.3, -0.25) is 9.59 Å². The number of aromatic amines is 1. The van der Waals surface area contributed by atoms with Crippen molar-refractivity contribution in [3.05, 3.63) is 75.9 Å². The van der Waals surface area contributed by atoms with Crippen LogP contribution in [0.1, 0.15) is 32.0 Å². The topological polar surface area (TPSA) is 114 Å². The molecule has 0 fully saturated rings. The van der Waals surface area contributed by atoms with Crippen LogP contribution in [-0.2, 0) is 6.54 Å². The van der Waals surface area contributed by atoms with E-state index in [0.717, 1.165) is 5.56 Å². The fraction of sp³-hybridized carbons (Fsp3) is 0.0588. The highest BCUT2D eigenvalue weighted by atomic mass is 35.5. The first-order valence-electron chi connectivity index (χ1n) is 7.38. The molecular weight excluding hydrogens is 342 g/mol.